The summed E-state index contributed by atoms with van der Waals surface area (Å²) in [6.07, 6.45) is 3.16. The highest BCUT2D eigenvalue weighted by Gasteiger charge is 2.24. The van der Waals surface area contributed by atoms with Gasteiger partial charge in [-0.1, -0.05) is 23.2 Å². The number of piperazine rings is 1. The summed E-state index contributed by atoms with van der Waals surface area (Å²) in [6, 6.07) is 3.48. The number of hydrogen-bond acceptors (Lipinski definition) is 5. The molecule has 9 heteroatoms. The highest BCUT2D eigenvalue weighted by Crippen LogP contribution is 2.27. The van der Waals surface area contributed by atoms with Gasteiger partial charge in [0.15, 0.2) is 5.65 Å². The molecule has 4 rings (SSSR count). The number of aryl methyl sites for hydroxylation is 1. The second-order valence-corrected chi connectivity index (χ2v) is 7.00. The maximum Gasteiger partial charge on any atom is 0.255 e. The van der Waals surface area contributed by atoms with Crippen LogP contribution in [0.4, 0.5) is 5.82 Å². The minimum absolute atomic E-state index is 0.0403. The van der Waals surface area contributed by atoms with Gasteiger partial charge in [-0.25, -0.2) is 15.0 Å². The van der Waals surface area contributed by atoms with E-state index in [2.05, 4.69) is 24.8 Å². The van der Waals surface area contributed by atoms with Gasteiger partial charge in [-0.2, -0.15) is 0 Å². The minimum atomic E-state index is -0.0403. The Balaban J connectivity index is 1.47. The van der Waals surface area contributed by atoms with Crippen LogP contribution < -0.4 is 4.90 Å². The lowest BCUT2D eigenvalue weighted by atomic mass is 10.2. The van der Waals surface area contributed by atoms with E-state index in [1.807, 2.05) is 11.8 Å². The zero-order valence-corrected chi connectivity index (χ0v) is 15.5. The van der Waals surface area contributed by atoms with Gasteiger partial charge in [0.25, 0.3) is 5.91 Å². The number of carbonyl (C=O) groups excluding carboxylic acids is 1. The van der Waals surface area contributed by atoms with Gasteiger partial charge in [-0.15, -0.1) is 0 Å². The van der Waals surface area contributed by atoms with E-state index < -0.39 is 0 Å². The highest BCUT2D eigenvalue weighted by atomic mass is 35.5. The summed E-state index contributed by atoms with van der Waals surface area (Å²) in [5.74, 6) is 1.43. The molecule has 26 heavy (non-hydrogen) atoms. The van der Waals surface area contributed by atoms with Crippen molar-refractivity contribution in [3.05, 3.63) is 46.0 Å². The summed E-state index contributed by atoms with van der Waals surface area (Å²) in [5.41, 5.74) is 1.94. The molecular formula is C17H16Cl2N6O. The first-order valence-electron chi connectivity index (χ1n) is 8.19. The highest BCUT2D eigenvalue weighted by molar-refractivity contribution is 6.36. The maximum atomic E-state index is 12.8. The Hall–Kier alpha value is -2.38. The predicted molar refractivity (Wildman–Crippen MR) is 101 cm³/mol. The summed E-state index contributed by atoms with van der Waals surface area (Å²) in [5, 5.41) is 1.02. The number of pyridine rings is 2. The summed E-state index contributed by atoms with van der Waals surface area (Å²) >= 11 is 12.1. The fourth-order valence-electron chi connectivity index (χ4n) is 3.08. The van der Waals surface area contributed by atoms with Gasteiger partial charge in [0.2, 0.25) is 0 Å². The molecule has 7 nitrogen and oxygen atoms in total. The molecule has 0 unspecified atom stereocenters. The number of carbonyl (C=O) groups is 1. The van der Waals surface area contributed by atoms with Crippen LogP contribution in [0, 0.1) is 6.92 Å². The molecule has 3 aromatic rings. The van der Waals surface area contributed by atoms with E-state index in [1.165, 1.54) is 0 Å². The van der Waals surface area contributed by atoms with Crippen molar-refractivity contribution in [2.75, 3.05) is 31.1 Å². The maximum absolute atomic E-state index is 12.8. The predicted octanol–water partition coefficient (Wildman–Crippen LogP) is 2.93. The van der Waals surface area contributed by atoms with Crippen molar-refractivity contribution in [2.24, 2.45) is 0 Å². The number of amides is 1. The van der Waals surface area contributed by atoms with E-state index in [4.69, 9.17) is 23.2 Å². The SMILES string of the molecule is Cc1nc2ncc(C(=O)N3CCN(c4ncc(Cl)cc4Cl)CC3)cc2[nH]1. The Labute approximate surface area is 160 Å². The second-order valence-electron chi connectivity index (χ2n) is 6.16. The Bertz CT molecular complexity index is 981. The molecular weight excluding hydrogens is 375 g/mol. The summed E-state index contributed by atoms with van der Waals surface area (Å²) in [7, 11) is 0. The molecule has 1 amide bonds. The number of hydrogen-bond donors (Lipinski definition) is 1. The normalized spacial score (nSPS) is 14.9. The Morgan fingerprint density at radius 3 is 2.62 bits per heavy atom. The number of fused-ring (bicyclic) bond motifs is 1. The van der Waals surface area contributed by atoms with Crippen molar-refractivity contribution >= 4 is 46.1 Å². The van der Waals surface area contributed by atoms with Crippen LogP contribution in [0.3, 0.4) is 0 Å². The van der Waals surface area contributed by atoms with Crippen LogP contribution >= 0.6 is 23.2 Å². The molecule has 0 aliphatic carbocycles. The number of nitrogens with zero attached hydrogens (tertiary/aromatic N) is 5. The molecule has 4 heterocycles. The number of H-pyrrole nitrogens is 1. The zero-order valence-electron chi connectivity index (χ0n) is 14.0. The fourth-order valence-corrected chi connectivity index (χ4v) is 3.58. The van der Waals surface area contributed by atoms with Crippen LogP contribution in [0.1, 0.15) is 16.2 Å². The summed E-state index contributed by atoms with van der Waals surface area (Å²) in [4.78, 5) is 32.6. The van der Waals surface area contributed by atoms with Crippen LogP contribution in [0.15, 0.2) is 24.5 Å². The van der Waals surface area contributed by atoms with E-state index in [-0.39, 0.29) is 5.91 Å². The smallest absolute Gasteiger partial charge is 0.255 e. The molecule has 0 saturated carbocycles. The molecule has 0 atom stereocenters. The third-order valence-corrected chi connectivity index (χ3v) is 4.84. The van der Waals surface area contributed by atoms with Gasteiger partial charge in [-0.3, -0.25) is 4.79 Å². The van der Waals surface area contributed by atoms with Crippen LogP contribution in [0.5, 0.6) is 0 Å². The number of rotatable bonds is 2. The van der Waals surface area contributed by atoms with Gasteiger partial charge < -0.3 is 14.8 Å². The third-order valence-electron chi connectivity index (χ3n) is 4.36. The molecule has 1 saturated heterocycles. The Kier molecular flexibility index (Phi) is 4.42. The summed E-state index contributed by atoms with van der Waals surface area (Å²) < 4.78 is 0. The molecule has 0 bridgehead atoms. The first kappa shape index (κ1) is 17.1. The van der Waals surface area contributed by atoms with Gasteiger partial charge >= 0.3 is 0 Å². The third kappa shape index (κ3) is 3.20. The average Bonchev–Trinajstić information content (AvgIpc) is 3.00. The molecule has 1 aliphatic rings. The van der Waals surface area contributed by atoms with Gasteiger partial charge in [0.05, 0.1) is 21.1 Å². The van der Waals surface area contributed by atoms with Crippen molar-refractivity contribution < 1.29 is 4.79 Å². The van der Waals surface area contributed by atoms with Crippen molar-refractivity contribution in [1.82, 2.24) is 24.8 Å². The lowest BCUT2D eigenvalue weighted by Gasteiger charge is -2.35. The van der Waals surface area contributed by atoms with E-state index in [1.54, 1.807) is 24.5 Å². The molecule has 1 fully saturated rings. The largest absolute Gasteiger partial charge is 0.352 e. The van der Waals surface area contributed by atoms with E-state index in [9.17, 15) is 4.79 Å². The number of aromatic amines is 1. The lowest BCUT2D eigenvalue weighted by molar-refractivity contribution is 0.0746. The number of aromatic nitrogens is 4. The monoisotopic (exact) mass is 390 g/mol. The molecule has 0 spiro atoms. The molecule has 1 N–H and O–H groups in total. The topological polar surface area (TPSA) is 78.0 Å². The second kappa shape index (κ2) is 6.74. The lowest BCUT2D eigenvalue weighted by Crippen LogP contribution is -2.49. The van der Waals surface area contributed by atoms with Crippen LogP contribution in [0.25, 0.3) is 11.2 Å². The number of halogens is 2. The van der Waals surface area contributed by atoms with Crippen molar-refractivity contribution in [1.29, 1.82) is 0 Å². The molecule has 0 radical (unpaired) electrons. The van der Waals surface area contributed by atoms with Crippen molar-refractivity contribution in [3.8, 4) is 0 Å². The molecule has 1 aliphatic heterocycles. The number of nitrogens with one attached hydrogen (secondary N) is 1. The van der Waals surface area contributed by atoms with E-state index in [0.29, 0.717) is 53.3 Å². The Morgan fingerprint density at radius 1 is 1.12 bits per heavy atom. The Morgan fingerprint density at radius 2 is 1.88 bits per heavy atom. The van der Waals surface area contributed by atoms with Gasteiger partial charge in [0, 0.05) is 38.6 Å². The van der Waals surface area contributed by atoms with E-state index >= 15 is 0 Å². The molecule has 0 aromatic carbocycles. The minimum Gasteiger partial charge on any atom is -0.352 e. The first-order chi connectivity index (χ1) is 12.5. The molecule has 3 aromatic heterocycles. The fraction of sp³-hybridized carbons (Fsp3) is 0.294. The van der Waals surface area contributed by atoms with Crippen LogP contribution in [-0.2, 0) is 0 Å². The number of imidazole rings is 1. The average molecular weight is 391 g/mol. The quantitative estimate of drug-likeness (QED) is 0.727. The zero-order chi connectivity index (χ0) is 18.3. The summed E-state index contributed by atoms with van der Waals surface area (Å²) in [6.45, 7) is 4.33. The van der Waals surface area contributed by atoms with Crippen molar-refractivity contribution in [2.45, 2.75) is 6.92 Å². The van der Waals surface area contributed by atoms with Crippen molar-refractivity contribution in [3.63, 3.8) is 0 Å². The first-order valence-corrected chi connectivity index (χ1v) is 8.94. The van der Waals surface area contributed by atoms with E-state index in [0.717, 1.165) is 11.3 Å². The van der Waals surface area contributed by atoms with Crippen LogP contribution in [0.2, 0.25) is 10.0 Å². The standard InChI is InChI=1S/C17H16Cl2N6O/c1-10-22-14-6-11(8-20-15(14)23-10)17(26)25-4-2-24(3-5-25)16-13(19)7-12(18)9-21-16/h6-9H,2-5H2,1H3,(H,20,22,23). The molecule has 134 valence electrons. The number of anilines is 1. The van der Waals surface area contributed by atoms with Gasteiger partial charge in [-0.05, 0) is 19.1 Å². The van der Waals surface area contributed by atoms with Gasteiger partial charge in [0.1, 0.15) is 11.6 Å². The van der Waals surface area contributed by atoms with Crippen LogP contribution in [-0.4, -0.2) is 56.9 Å².